The smallest absolute Gasteiger partial charge is 0.245 e. The summed E-state index contributed by atoms with van der Waals surface area (Å²) < 4.78 is 0. The summed E-state index contributed by atoms with van der Waals surface area (Å²) in [6, 6.07) is 10.0. The number of rotatable bonds is 3. The van der Waals surface area contributed by atoms with Crippen molar-refractivity contribution in [3.8, 4) is 0 Å². The predicted octanol–water partition coefficient (Wildman–Crippen LogP) is 2.11. The van der Waals surface area contributed by atoms with Crippen LogP contribution in [0.5, 0.6) is 0 Å². The van der Waals surface area contributed by atoms with Gasteiger partial charge in [-0.3, -0.25) is 20.4 Å². The van der Waals surface area contributed by atoms with Gasteiger partial charge in [0.15, 0.2) is 0 Å². The van der Waals surface area contributed by atoms with Crippen molar-refractivity contribution in [1.82, 2.24) is 10.9 Å². The molecule has 1 aromatic rings. The van der Waals surface area contributed by atoms with Crippen molar-refractivity contribution < 1.29 is 9.59 Å². The van der Waals surface area contributed by atoms with E-state index in [2.05, 4.69) is 26.8 Å². The molecule has 106 valence electrons. The van der Waals surface area contributed by atoms with Crippen LogP contribution >= 0.6 is 15.9 Å². The lowest BCUT2D eigenvalue weighted by Crippen LogP contribution is -2.46. The zero-order valence-electron chi connectivity index (χ0n) is 11.2. The minimum absolute atomic E-state index is 0.0236. The fourth-order valence-electron chi connectivity index (χ4n) is 2.46. The van der Waals surface area contributed by atoms with E-state index in [4.69, 9.17) is 0 Å². The lowest BCUT2D eigenvalue weighted by atomic mass is 10.1. The number of amides is 2. The van der Waals surface area contributed by atoms with Crippen LogP contribution < -0.4 is 10.9 Å². The van der Waals surface area contributed by atoms with Gasteiger partial charge in [0.1, 0.15) is 0 Å². The first kappa shape index (κ1) is 13.6. The Morgan fingerprint density at radius 1 is 1.25 bits per heavy atom. The van der Waals surface area contributed by atoms with Gasteiger partial charge in [-0.2, -0.15) is 0 Å². The van der Waals surface area contributed by atoms with Gasteiger partial charge >= 0.3 is 0 Å². The van der Waals surface area contributed by atoms with Crippen LogP contribution in [0, 0.1) is 11.3 Å². The maximum absolute atomic E-state index is 12.0. The first-order valence-corrected chi connectivity index (χ1v) is 7.73. The predicted molar refractivity (Wildman–Crippen MR) is 79.0 cm³/mol. The SMILES string of the molecule is C[C@]1(C(=O)NNC(=O)[C@@H]2C[C@H]2c2ccccc2)C[C@H]1Br. The summed E-state index contributed by atoms with van der Waals surface area (Å²) in [4.78, 5) is 24.1. The molecule has 0 heterocycles. The molecule has 2 aliphatic carbocycles. The molecule has 0 bridgehead atoms. The number of benzene rings is 1. The second-order valence-corrected chi connectivity index (χ2v) is 7.00. The molecule has 2 N–H and O–H groups in total. The van der Waals surface area contributed by atoms with Gasteiger partial charge in [-0.15, -0.1) is 0 Å². The molecule has 2 amide bonds. The summed E-state index contributed by atoms with van der Waals surface area (Å²) >= 11 is 3.42. The Hall–Kier alpha value is -1.36. The van der Waals surface area contributed by atoms with Gasteiger partial charge in [-0.1, -0.05) is 46.3 Å². The molecule has 0 saturated heterocycles. The van der Waals surface area contributed by atoms with Crippen molar-refractivity contribution in [2.24, 2.45) is 11.3 Å². The van der Waals surface area contributed by atoms with Gasteiger partial charge in [0.2, 0.25) is 11.8 Å². The summed E-state index contributed by atoms with van der Waals surface area (Å²) in [5.74, 6) is 0.0465. The lowest BCUT2D eigenvalue weighted by Gasteiger charge is -2.11. The molecule has 4 nitrogen and oxygen atoms in total. The maximum atomic E-state index is 12.0. The molecule has 0 radical (unpaired) electrons. The molecular formula is C15H17BrN2O2. The molecule has 4 atom stereocenters. The largest absolute Gasteiger partial charge is 0.273 e. The highest BCUT2D eigenvalue weighted by Gasteiger charge is 2.55. The van der Waals surface area contributed by atoms with E-state index < -0.39 is 0 Å². The monoisotopic (exact) mass is 336 g/mol. The summed E-state index contributed by atoms with van der Waals surface area (Å²) in [5.41, 5.74) is 5.90. The average molecular weight is 337 g/mol. The molecule has 1 aromatic carbocycles. The Morgan fingerprint density at radius 2 is 1.90 bits per heavy atom. The van der Waals surface area contributed by atoms with Crippen LogP contribution in [0.3, 0.4) is 0 Å². The molecule has 0 aromatic heterocycles. The third-order valence-corrected chi connectivity index (χ3v) is 5.64. The van der Waals surface area contributed by atoms with Crippen molar-refractivity contribution in [3.63, 3.8) is 0 Å². The number of carbonyl (C=O) groups excluding carboxylic acids is 2. The van der Waals surface area contributed by atoms with Crippen molar-refractivity contribution in [3.05, 3.63) is 35.9 Å². The van der Waals surface area contributed by atoms with Crippen LogP contribution in [0.1, 0.15) is 31.2 Å². The number of carbonyl (C=O) groups is 2. The van der Waals surface area contributed by atoms with E-state index in [-0.39, 0.29) is 33.9 Å². The average Bonchev–Trinajstić information content (AvgIpc) is 3.35. The Morgan fingerprint density at radius 3 is 2.50 bits per heavy atom. The number of alkyl halides is 1. The summed E-state index contributed by atoms with van der Waals surface area (Å²) in [6.45, 7) is 1.89. The molecule has 3 rings (SSSR count). The maximum Gasteiger partial charge on any atom is 0.245 e. The molecule has 0 aliphatic heterocycles. The molecule has 20 heavy (non-hydrogen) atoms. The zero-order valence-corrected chi connectivity index (χ0v) is 12.8. The topological polar surface area (TPSA) is 58.2 Å². The summed E-state index contributed by atoms with van der Waals surface area (Å²) in [7, 11) is 0. The van der Waals surface area contributed by atoms with E-state index in [1.165, 1.54) is 5.56 Å². The van der Waals surface area contributed by atoms with Crippen molar-refractivity contribution >= 4 is 27.7 Å². The second-order valence-electron chi connectivity index (χ2n) is 5.89. The fourth-order valence-corrected chi connectivity index (χ4v) is 3.34. The Kier molecular flexibility index (Phi) is 3.32. The van der Waals surface area contributed by atoms with Gasteiger partial charge in [0.25, 0.3) is 0 Å². The van der Waals surface area contributed by atoms with E-state index in [1.54, 1.807) is 0 Å². The molecule has 2 fully saturated rings. The Labute approximate surface area is 126 Å². The minimum Gasteiger partial charge on any atom is -0.273 e. The molecule has 2 saturated carbocycles. The highest BCUT2D eigenvalue weighted by Crippen LogP contribution is 2.51. The molecule has 5 heteroatoms. The van der Waals surface area contributed by atoms with Crippen LogP contribution in [-0.2, 0) is 9.59 Å². The Balaban J connectivity index is 1.49. The first-order chi connectivity index (χ1) is 9.52. The van der Waals surface area contributed by atoms with Gasteiger partial charge in [0, 0.05) is 10.7 Å². The third-order valence-electron chi connectivity index (χ3n) is 4.31. The van der Waals surface area contributed by atoms with Crippen molar-refractivity contribution in [1.29, 1.82) is 0 Å². The standard InChI is InChI=1S/C15H17BrN2O2/c1-15(8-12(15)16)14(20)18-17-13(19)11-7-10(11)9-5-3-2-4-6-9/h2-6,10-12H,7-8H2,1H3,(H,17,19)(H,18,20)/t10-,11+,12+,15-/m0/s1. The van der Waals surface area contributed by atoms with Crippen LogP contribution in [0.25, 0.3) is 0 Å². The number of nitrogens with one attached hydrogen (secondary N) is 2. The van der Waals surface area contributed by atoms with Gasteiger partial charge in [-0.05, 0) is 31.2 Å². The summed E-state index contributed by atoms with van der Waals surface area (Å²) in [6.07, 6.45) is 1.66. The molecular weight excluding hydrogens is 320 g/mol. The van der Waals surface area contributed by atoms with E-state index in [0.717, 1.165) is 12.8 Å². The van der Waals surface area contributed by atoms with E-state index in [0.29, 0.717) is 0 Å². The van der Waals surface area contributed by atoms with Crippen LogP contribution in [-0.4, -0.2) is 16.6 Å². The van der Waals surface area contributed by atoms with E-state index in [9.17, 15) is 9.59 Å². The Bertz CT molecular complexity index is 548. The lowest BCUT2D eigenvalue weighted by molar-refractivity contribution is -0.132. The van der Waals surface area contributed by atoms with Gasteiger partial charge in [0.05, 0.1) is 5.41 Å². The highest BCUT2D eigenvalue weighted by molar-refractivity contribution is 9.09. The first-order valence-electron chi connectivity index (χ1n) is 6.81. The molecule has 0 unspecified atom stereocenters. The number of hydrogen-bond acceptors (Lipinski definition) is 2. The van der Waals surface area contributed by atoms with Crippen LogP contribution in [0.2, 0.25) is 0 Å². The number of halogens is 1. The highest BCUT2D eigenvalue weighted by atomic mass is 79.9. The molecule has 2 aliphatic rings. The molecule has 0 spiro atoms. The second kappa shape index (κ2) is 4.88. The van der Waals surface area contributed by atoms with Gasteiger partial charge in [-0.25, -0.2) is 0 Å². The number of hydrogen-bond donors (Lipinski definition) is 2. The summed E-state index contributed by atoms with van der Waals surface area (Å²) in [5, 5.41) is 0. The minimum atomic E-state index is -0.379. The van der Waals surface area contributed by atoms with Gasteiger partial charge < -0.3 is 0 Å². The van der Waals surface area contributed by atoms with E-state index in [1.807, 2.05) is 37.3 Å². The van der Waals surface area contributed by atoms with Crippen LogP contribution in [0.4, 0.5) is 0 Å². The third kappa shape index (κ3) is 2.46. The van der Waals surface area contributed by atoms with E-state index >= 15 is 0 Å². The zero-order chi connectivity index (χ0) is 14.3. The van der Waals surface area contributed by atoms with Crippen molar-refractivity contribution in [2.75, 3.05) is 0 Å². The van der Waals surface area contributed by atoms with Crippen LogP contribution in [0.15, 0.2) is 30.3 Å². The number of hydrazine groups is 1. The fraction of sp³-hybridized carbons (Fsp3) is 0.467. The van der Waals surface area contributed by atoms with Crippen molar-refractivity contribution in [2.45, 2.75) is 30.5 Å². The quantitative estimate of drug-likeness (QED) is 0.656. The normalized spacial score (nSPS) is 34.2.